The Morgan fingerprint density at radius 3 is 3.00 bits per heavy atom. The van der Waals surface area contributed by atoms with Crippen LogP contribution in [0.1, 0.15) is 32.4 Å². The summed E-state index contributed by atoms with van der Waals surface area (Å²) in [6.45, 7) is 5.36. The van der Waals surface area contributed by atoms with E-state index < -0.39 is 0 Å². The van der Waals surface area contributed by atoms with Gasteiger partial charge in [-0.3, -0.25) is 4.79 Å². The predicted molar refractivity (Wildman–Crippen MR) is 112 cm³/mol. The zero-order valence-corrected chi connectivity index (χ0v) is 16.3. The van der Waals surface area contributed by atoms with Crippen LogP contribution in [0.2, 0.25) is 0 Å². The van der Waals surface area contributed by atoms with Gasteiger partial charge < -0.3 is 20.5 Å². The van der Waals surface area contributed by atoms with Crippen molar-refractivity contribution in [1.29, 1.82) is 0 Å². The lowest BCUT2D eigenvalue weighted by Crippen LogP contribution is -2.35. The molecule has 28 heavy (non-hydrogen) atoms. The van der Waals surface area contributed by atoms with E-state index in [9.17, 15) is 4.79 Å². The van der Waals surface area contributed by atoms with Gasteiger partial charge in [0.25, 0.3) is 0 Å². The van der Waals surface area contributed by atoms with E-state index in [1.807, 2.05) is 12.3 Å². The van der Waals surface area contributed by atoms with Crippen molar-refractivity contribution in [2.24, 2.45) is 0 Å². The third kappa shape index (κ3) is 4.08. The molecule has 0 bridgehead atoms. The van der Waals surface area contributed by atoms with Gasteiger partial charge in [-0.1, -0.05) is 19.4 Å². The van der Waals surface area contributed by atoms with Crippen molar-refractivity contribution in [2.75, 3.05) is 23.3 Å². The van der Waals surface area contributed by atoms with Gasteiger partial charge in [0.15, 0.2) is 0 Å². The molecule has 3 aromatic rings. The summed E-state index contributed by atoms with van der Waals surface area (Å²) in [4.78, 5) is 26.2. The molecule has 7 heteroatoms. The fourth-order valence-electron chi connectivity index (χ4n) is 3.71. The Kier molecular flexibility index (Phi) is 5.14. The molecule has 0 radical (unpaired) electrons. The Bertz CT molecular complexity index is 982. The number of rotatable bonds is 6. The van der Waals surface area contributed by atoms with Crippen molar-refractivity contribution in [2.45, 2.75) is 39.2 Å². The number of carbonyl (C=O) groups excluding carboxylic acids is 1. The summed E-state index contributed by atoms with van der Waals surface area (Å²) in [6, 6.07) is 10.5. The molecule has 3 N–H and O–H groups in total. The lowest BCUT2D eigenvalue weighted by molar-refractivity contribution is -0.119. The monoisotopic (exact) mass is 378 g/mol. The maximum atomic E-state index is 11.3. The smallest absolute Gasteiger partial charge is 0.229 e. The molecule has 1 aliphatic heterocycles. The second-order valence-corrected chi connectivity index (χ2v) is 7.33. The van der Waals surface area contributed by atoms with Crippen molar-refractivity contribution >= 4 is 34.3 Å². The van der Waals surface area contributed by atoms with E-state index in [1.165, 1.54) is 5.39 Å². The minimum atomic E-state index is 0.0169. The molecule has 1 fully saturated rings. The van der Waals surface area contributed by atoms with Crippen molar-refractivity contribution in [3.05, 3.63) is 42.2 Å². The number of aromatic nitrogens is 3. The van der Waals surface area contributed by atoms with Gasteiger partial charge in [0.2, 0.25) is 11.9 Å². The average Bonchev–Trinajstić information content (AvgIpc) is 3.30. The zero-order chi connectivity index (χ0) is 19.5. The first-order chi connectivity index (χ1) is 13.6. The van der Waals surface area contributed by atoms with Crippen LogP contribution in [0.4, 0.5) is 17.5 Å². The molecule has 1 amide bonds. The second-order valence-electron chi connectivity index (χ2n) is 7.33. The number of aryl methyl sites for hydroxylation is 1. The van der Waals surface area contributed by atoms with E-state index in [0.717, 1.165) is 55.1 Å². The molecular weight excluding hydrogens is 352 g/mol. The maximum Gasteiger partial charge on any atom is 0.229 e. The largest absolute Gasteiger partial charge is 0.361 e. The number of benzene rings is 1. The normalized spacial score (nSPS) is 16.5. The first-order valence-electron chi connectivity index (χ1n) is 9.85. The third-order valence-electron chi connectivity index (χ3n) is 5.00. The molecule has 1 atom stereocenters. The SMILES string of the molecule is CCCc1cc(N2CCC(NC(C)=O)C2)nc(Nc2ccc3cc[nH]c3c2)n1. The molecule has 2 aromatic heterocycles. The molecular formula is C21H26N6O. The van der Waals surface area contributed by atoms with Crippen LogP contribution in [0.25, 0.3) is 10.9 Å². The number of hydrogen-bond acceptors (Lipinski definition) is 5. The number of amides is 1. The summed E-state index contributed by atoms with van der Waals surface area (Å²) in [6.07, 6.45) is 4.80. The van der Waals surface area contributed by atoms with E-state index in [4.69, 9.17) is 9.97 Å². The quantitative estimate of drug-likeness (QED) is 0.612. The van der Waals surface area contributed by atoms with Crippen LogP contribution < -0.4 is 15.5 Å². The van der Waals surface area contributed by atoms with Crippen LogP contribution in [0, 0.1) is 0 Å². The highest BCUT2D eigenvalue weighted by molar-refractivity contribution is 5.83. The van der Waals surface area contributed by atoms with Crippen molar-refractivity contribution in [1.82, 2.24) is 20.3 Å². The van der Waals surface area contributed by atoms with Gasteiger partial charge in [0.05, 0.1) is 0 Å². The molecule has 0 spiro atoms. The minimum absolute atomic E-state index is 0.0169. The Balaban J connectivity index is 1.57. The Hall–Kier alpha value is -3.09. The Labute approximate surface area is 164 Å². The fourth-order valence-corrected chi connectivity index (χ4v) is 3.71. The van der Waals surface area contributed by atoms with E-state index in [2.05, 4.69) is 51.7 Å². The highest BCUT2D eigenvalue weighted by atomic mass is 16.1. The van der Waals surface area contributed by atoms with Crippen LogP contribution in [0.5, 0.6) is 0 Å². The number of fused-ring (bicyclic) bond motifs is 1. The van der Waals surface area contributed by atoms with Gasteiger partial charge in [0, 0.05) is 55.2 Å². The van der Waals surface area contributed by atoms with Crippen molar-refractivity contribution in [3.8, 4) is 0 Å². The summed E-state index contributed by atoms with van der Waals surface area (Å²) in [7, 11) is 0. The lowest BCUT2D eigenvalue weighted by atomic mass is 10.2. The van der Waals surface area contributed by atoms with E-state index >= 15 is 0 Å². The Morgan fingerprint density at radius 1 is 1.29 bits per heavy atom. The van der Waals surface area contributed by atoms with Crippen LogP contribution in [0.3, 0.4) is 0 Å². The van der Waals surface area contributed by atoms with Gasteiger partial charge in [-0.05, 0) is 36.4 Å². The molecule has 1 aromatic carbocycles. The molecule has 1 unspecified atom stereocenters. The number of hydrogen-bond donors (Lipinski definition) is 3. The topological polar surface area (TPSA) is 85.9 Å². The molecule has 0 aliphatic carbocycles. The first-order valence-corrected chi connectivity index (χ1v) is 9.85. The van der Waals surface area contributed by atoms with Gasteiger partial charge in [0.1, 0.15) is 5.82 Å². The van der Waals surface area contributed by atoms with E-state index in [1.54, 1.807) is 6.92 Å². The standard InChI is InChI=1S/C21H26N6O/c1-3-4-16-12-20(27-10-8-18(13-27)23-14(2)28)26-21(24-16)25-17-6-5-15-7-9-22-19(15)11-17/h5-7,9,11-12,18,22H,3-4,8,10,13H2,1-2H3,(H,23,28)(H,24,25,26). The fraction of sp³-hybridized carbons (Fsp3) is 0.381. The second kappa shape index (κ2) is 7.88. The first kappa shape index (κ1) is 18.3. The highest BCUT2D eigenvalue weighted by Crippen LogP contribution is 2.24. The highest BCUT2D eigenvalue weighted by Gasteiger charge is 2.24. The van der Waals surface area contributed by atoms with Crippen LogP contribution in [0.15, 0.2) is 36.5 Å². The van der Waals surface area contributed by atoms with E-state index in [0.29, 0.717) is 5.95 Å². The predicted octanol–water partition coefficient (Wildman–Crippen LogP) is 3.37. The summed E-state index contributed by atoms with van der Waals surface area (Å²) >= 11 is 0. The van der Waals surface area contributed by atoms with Gasteiger partial charge in [-0.15, -0.1) is 0 Å². The number of anilines is 3. The minimum Gasteiger partial charge on any atom is -0.361 e. The maximum absolute atomic E-state index is 11.3. The van der Waals surface area contributed by atoms with Crippen LogP contribution >= 0.6 is 0 Å². The summed E-state index contributed by atoms with van der Waals surface area (Å²) in [5, 5.41) is 7.53. The molecule has 7 nitrogen and oxygen atoms in total. The number of aromatic amines is 1. The third-order valence-corrected chi connectivity index (χ3v) is 5.00. The lowest BCUT2D eigenvalue weighted by Gasteiger charge is -2.19. The molecule has 3 heterocycles. The van der Waals surface area contributed by atoms with Crippen molar-refractivity contribution < 1.29 is 4.79 Å². The molecule has 4 rings (SSSR count). The van der Waals surface area contributed by atoms with Crippen molar-refractivity contribution in [3.63, 3.8) is 0 Å². The van der Waals surface area contributed by atoms with E-state index in [-0.39, 0.29) is 11.9 Å². The molecule has 146 valence electrons. The molecule has 1 aliphatic rings. The average molecular weight is 378 g/mol. The van der Waals surface area contributed by atoms with Gasteiger partial charge in [-0.25, -0.2) is 4.98 Å². The number of nitrogens with one attached hydrogen (secondary N) is 3. The Morgan fingerprint density at radius 2 is 2.18 bits per heavy atom. The number of carbonyl (C=O) groups is 1. The molecule has 1 saturated heterocycles. The van der Waals surface area contributed by atoms with Crippen LogP contribution in [-0.2, 0) is 11.2 Å². The summed E-state index contributed by atoms with van der Waals surface area (Å²) in [5.74, 6) is 1.54. The van der Waals surface area contributed by atoms with Crippen LogP contribution in [-0.4, -0.2) is 40.0 Å². The number of H-pyrrole nitrogens is 1. The zero-order valence-electron chi connectivity index (χ0n) is 16.3. The van der Waals surface area contributed by atoms with Gasteiger partial charge >= 0.3 is 0 Å². The van der Waals surface area contributed by atoms with Gasteiger partial charge in [-0.2, -0.15) is 4.98 Å². The molecule has 0 saturated carbocycles. The number of nitrogens with zero attached hydrogens (tertiary/aromatic N) is 3. The summed E-state index contributed by atoms with van der Waals surface area (Å²) in [5.41, 5.74) is 3.05. The summed E-state index contributed by atoms with van der Waals surface area (Å²) < 4.78 is 0.